The Bertz CT molecular complexity index is 1480. The van der Waals surface area contributed by atoms with Crippen LogP contribution in [0.5, 0.6) is 0 Å². The molecule has 0 aromatic carbocycles. The molecule has 4 aliphatic rings. The van der Waals surface area contributed by atoms with Crippen LogP contribution in [0.2, 0.25) is 0 Å². The molecule has 8 atom stereocenters. The number of fused-ring (bicyclic) bond motifs is 5. The second kappa shape index (κ2) is 18.3. The second-order valence-corrected chi connectivity index (χ2v) is 14.7. The Morgan fingerprint density at radius 1 is 0.907 bits per heavy atom. The Balaban J connectivity index is 1.46. The number of unbranched alkanes of at least 4 members (excludes halogenated alkanes) is 2. The van der Waals surface area contributed by atoms with Crippen LogP contribution >= 0.6 is 0 Å². The molecule has 0 bridgehead atoms. The van der Waals surface area contributed by atoms with E-state index in [0.717, 1.165) is 5.57 Å². The zero-order valence-corrected chi connectivity index (χ0v) is 30.3. The summed E-state index contributed by atoms with van der Waals surface area (Å²) in [5, 5.41) is 55.1. The third-order valence-electron chi connectivity index (χ3n) is 11.6. The highest BCUT2D eigenvalue weighted by atomic mass is 17.1. The lowest BCUT2D eigenvalue weighted by Crippen LogP contribution is -2.63. The number of hydrogen-bond acceptors (Lipinski definition) is 18. The SMILES string of the molecule is C[C@]12C=CC(=O)C=C1CCC1C3CC[C@](OC(=O)CCCON(O)O)(C(=O)COC(=O)CC(OC(=O)CCCCCON(O)O)C(=O)O)[C@@]3(C)C[C@H](O)[C@@H]12. The quantitative estimate of drug-likeness (QED) is 0.0449. The number of aliphatic hydroxyl groups is 1. The summed E-state index contributed by atoms with van der Waals surface area (Å²) in [7, 11) is 0. The van der Waals surface area contributed by atoms with Crippen molar-refractivity contribution in [1.82, 2.24) is 10.8 Å². The maximum Gasteiger partial charge on any atom is 0.345 e. The Kier molecular flexibility index (Phi) is 14.6. The van der Waals surface area contributed by atoms with Gasteiger partial charge in [0.15, 0.2) is 18.0 Å². The van der Waals surface area contributed by atoms with Gasteiger partial charge in [0, 0.05) is 29.6 Å². The van der Waals surface area contributed by atoms with Crippen LogP contribution in [0.25, 0.3) is 0 Å². The minimum atomic E-state index is -1.92. The van der Waals surface area contributed by atoms with E-state index in [1.807, 2.05) is 13.0 Å². The van der Waals surface area contributed by atoms with Gasteiger partial charge in [-0.05, 0) is 75.4 Å². The van der Waals surface area contributed by atoms with Crippen LogP contribution in [-0.4, -0.2) is 115 Å². The molecule has 3 fully saturated rings. The van der Waals surface area contributed by atoms with Gasteiger partial charge in [0.25, 0.3) is 0 Å². The molecule has 0 radical (unpaired) electrons. The molecular formula is C35H50N2O17. The van der Waals surface area contributed by atoms with Crippen LogP contribution in [0.1, 0.15) is 90.9 Å². The van der Waals surface area contributed by atoms with E-state index < -0.39 is 82.1 Å². The molecule has 4 aliphatic carbocycles. The van der Waals surface area contributed by atoms with Crippen molar-refractivity contribution in [3.05, 3.63) is 23.8 Å². The number of ketones is 2. The molecular weight excluding hydrogens is 720 g/mol. The molecule has 0 spiro atoms. The van der Waals surface area contributed by atoms with E-state index in [4.69, 9.17) is 35.0 Å². The topological polar surface area (TPSA) is 276 Å². The predicted octanol–water partition coefficient (Wildman–Crippen LogP) is 2.41. The van der Waals surface area contributed by atoms with Gasteiger partial charge in [0.05, 0.1) is 36.5 Å². The summed E-state index contributed by atoms with van der Waals surface area (Å²) >= 11 is 0. The molecule has 0 heterocycles. The summed E-state index contributed by atoms with van der Waals surface area (Å²) in [5.74, 6) is -6.08. The molecule has 0 aromatic heterocycles. The van der Waals surface area contributed by atoms with Gasteiger partial charge in [-0.1, -0.05) is 31.9 Å². The lowest BCUT2D eigenvalue weighted by atomic mass is 9.46. The van der Waals surface area contributed by atoms with Crippen LogP contribution in [0.15, 0.2) is 23.8 Å². The third-order valence-corrected chi connectivity index (χ3v) is 11.6. The third kappa shape index (κ3) is 9.76. The summed E-state index contributed by atoms with van der Waals surface area (Å²) in [6, 6.07) is 0. The lowest BCUT2D eigenvalue weighted by Gasteiger charge is -2.59. The van der Waals surface area contributed by atoms with Gasteiger partial charge in [-0.15, -0.1) is 0 Å². The molecule has 4 rings (SSSR count). The molecule has 0 aliphatic heterocycles. The predicted molar refractivity (Wildman–Crippen MR) is 175 cm³/mol. The highest BCUT2D eigenvalue weighted by Gasteiger charge is 2.70. The number of Topliss-reactive ketones (excluding diaryl/α,β-unsaturated/α-hetero) is 1. The van der Waals surface area contributed by atoms with Crippen molar-refractivity contribution >= 4 is 35.4 Å². The maximum atomic E-state index is 14.3. The average Bonchev–Trinajstić information content (AvgIpc) is 3.38. The maximum absolute atomic E-state index is 14.3. The Morgan fingerprint density at radius 2 is 1.57 bits per heavy atom. The number of aliphatic hydroxyl groups excluding tert-OH is 1. The second-order valence-electron chi connectivity index (χ2n) is 14.7. The minimum absolute atomic E-state index is 0.0163. The molecule has 0 amide bonds. The molecule has 19 nitrogen and oxygen atoms in total. The van der Waals surface area contributed by atoms with Gasteiger partial charge in [0.2, 0.25) is 11.9 Å². The van der Waals surface area contributed by atoms with Crippen LogP contribution in [0.3, 0.4) is 0 Å². The number of carboxylic acid groups (broad SMARTS) is 1. The number of aliphatic carboxylic acids is 1. The first kappa shape index (κ1) is 43.1. The zero-order valence-electron chi connectivity index (χ0n) is 30.3. The highest BCUT2D eigenvalue weighted by Crippen LogP contribution is 2.68. The number of ether oxygens (including phenoxy) is 3. The van der Waals surface area contributed by atoms with Gasteiger partial charge < -0.3 is 24.4 Å². The fourth-order valence-corrected chi connectivity index (χ4v) is 9.17. The molecule has 6 N–H and O–H groups in total. The summed E-state index contributed by atoms with van der Waals surface area (Å²) in [4.78, 5) is 85.6. The number of hydrogen-bond donors (Lipinski definition) is 6. The number of allylic oxidation sites excluding steroid dienone is 4. The van der Waals surface area contributed by atoms with Gasteiger partial charge in [-0.2, -0.15) is 0 Å². The molecule has 0 saturated heterocycles. The average molecular weight is 771 g/mol. The number of carboxylic acids is 1. The van der Waals surface area contributed by atoms with Crippen LogP contribution in [-0.2, 0) is 52.7 Å². The van der Waals surface area contributed by atoms with Crippen molar-refractivity contribution in [1.29, 1.82) is 0 Å². The van der Waals surface area contributed by atoms with Crippen molar-refractivity contribution < 1.29 is 83.7 Å². The standard InChI is InChI=1S/C35H50N2O17/c1-33-13-11-22(38)17-21(33)9-10-23-24-12-14-35(34(24,2)19-25(39)31(23)33,54-29(42)8-6-16-52-37(48)49)27(40)20-50-30(43)18-26(32(44)45)53-28(41)7-4-3-5-15-51-36(46)47/h11,13,17,23-26,31,39,46-49H,3-10,12,14-16,18-20H2,1-2H3,(H,44,45)/t23?,24?,25-,26?,31+,33-,34-,35-/m0/s1. The van der Waals surface area contributed by atoms with Crippen molar-refractivity contribution in [2.75, 3.05) is 19.8 Å². The smallest absolute Gasteiger partial charge is 0.345 e. The first-order valence-corrected chi connectivity index (χ1v) is 18.0. The number of carbonyl (C=O) groups excluding carboxylic acids is 5. The summed E-state index contributed by atoms with van der Waals surface area (Å²) in [6.45, 7) is 2.52. The van der Waals surface area contributed by atoms with Crippen LogP contribution < -0.4 is 0 Å². The first-order chi connectivity index (χ1) is 25.4. The van der Waals surface area contributed by atoms with E-state index in [0.29, 0.717) is 32.1 Å². The zero-order chi connectivity index (χ0) is 39.8. The number of esters is 3. The van der Waals surface area contributed by atoms with Gasteiger partial charge in [-0.25, -0.2) is 4.79 Å². The van der Waals surface area contributed by atoms with E-state index in [9.17, 15) is 39.0 Å². The lowest BCUT2D eigenvalue weighted by molar-refractivity contribution is -0.492. The van der Waals surface area contributed by atoms with E-state index >= 15 is 0 Å². The molecule has 19 heteroatoms. The molecule has 3 unspecified atom stereocenters. The Labute approximate surface area is 310 Å². The summed E-state index contributed by atoms with van der Waals surface area (Å²) in [5.41, 5.74) is -2.68. The summed E-state index contributed by atoms with van der Waals surface area (Å²) < 4.78 is 16.2. The van der Waals surface area contributed by atoms with Crippen molar-refractivity contribution in [2.45, 2.75) is 109 Å². The van der Waals surface area contributed by atoms with E-state index in [2.05, 4.69) is 9.68 Å². The highest BCUT2D eigenvalue weighted by molar-refractivity contribution is 6.01. The van der Waals surface area contributed by atoms with E-state index in [-0.39, 0.29) is 75.3 Å². The Morgan fingerprint density at radius 3 is 2.24 bits per heavy atom. The monoisotopic (exact) mass is 770 g/mol. The van der Waals surface area contributed by atoms with Gasteiger partial charge >= 0.3 is 23.9 Å². The molecule has 54 heavy (non-hydrogen) atoms. The van der Waals surface area contributed by atoms with Gasteiger partial charge in [-0.3, -0.25) is 54.5 Å². The summed E-state index contributed by atoms with van der Waals surface area (Å²) in [6.07, 6.45) is 3.36. The first-order valence-electron chi connectivity index (χ1n) is 18.0. The normalized spacial score (nSPS) is 30.5. The molecule has 3 saturated carbocycles. The molecule has 302 valence electrons. The minimum Gasteiger partial charge on any atom is -0.478 e. The van der Waals surface area contributed by atoms with Crippen molar-refractivity contribution in [2.24, 2.45) is 28.6 Å². The fraction of sp³-hybridized carbons (Fsp3) is 0.714. The number of carbonyl (C=O) groups is 6. The molecule has 0 aromatic rings. The van der Waals surface area contributed by atoms with Crippen LogP contribution in [0, 0.1) is 28.6 Å². The number of nitrogens with zero attached hydrogens (tertiary/aromatic N) is 2. The fourth-order valence-electron chi connectivity index (χ4n) is 9.17. The van der Waals surface area contributed by atoms with Crippen LogP contribution in [0.4, 0.5) is 0 Å². The Hall–Kier alpha value is -3.66. The van der Waals surface area contributed by atoms with E-state index in [1.165, 1.54) is 6.08 Å². The van der Waals surface area contributed by atoms with Gasteiger partial charge in [0.1, 0.15) is 0 Å². The van der Waals surface area contributed by atoms with E-state index in [1.54, 1.807) is 13.0 Å². The number of rotatable bonds is 20. The van der Waals surface area contributed by atoms with Crippen molar-refractivity contribution in [3.8, 4) is 0 Å². The van der Waals surface area contributed by atoms with Crippen molar-refractivity contribution in [3.63, 3.8) is 0 Å². The largest absolute Gasteiger partial charge is 0.478 e.